The van der Waals surface area contributed by atoms with Crippen LogP contribution in [0.15, 0.2) is 133 Å². The van der Waals surface area contributed by atoms with Gasteiger partial charge in [-0.1, -0.05) is 54.1 Å². The molecule has 6 aromatic rings. The molecular formula is C48H32F12N2O8. The smallest absolute Gasteiger partial charge is 0.411 e. The first kappa shape index (κ1) is 51.4. The van der Waals surface area contributed by atoms with Crippen LogP contribution < -0.4 is 20.1 Å². The van der Waals surface area contributed by atoms with Crippen LogP contribution >= 0.6 is 0 Å². The molecule has 0 aliphatic rings. The van der Waals surface area contributed by atoms with Crippen LogP contribution in [0.1, 0.15) is 69.2 Å². The van der Waals surface area contributed by atoms with Crippen molar-refractivity contribution in [2.24, 2.45) is 0 Å². The molecule has 0 radical (unpaired) electrons. The third kappa shape index (κ3) is 9.52. The summed E-state index contributed by atoms with van der Waals surface area (Å²) in [6.07, 6.45) is -24.6. The molecule has 0 aromatic heterocycles. The van der Waals surface area contributed by atoms with Gasteiger partial charge in [0.2, 0.25) is 10.8 Å². The Morgan fingerprint density at radius 1 is 0.414 bits per heavy atom. The fraction of sp³-hybridized carbons (Fsp3) is 0.167. The fourth-order valence-electron chi connectivity index (χ4n) is 7.63. The molecule has 0 bridgehead atoms. The number of halogens is 12. The van der Waals surface area contributed by atoms with E-state index in [1.54, 1.807) is 31.2 Å². The Morgan fingerprint density at radius 3 is 1.11 bits per heavy atom. The minimum Gasteiger partial charge on any atom is -0.478 e. The van der Waals surface area contributed by atoms with Crippen molar-refractivity contribution >= 4 is 29.4 Å². The Balaban J connectivity index is 1.29. The summed E-state index contributed by atoms with van der Waals surface area (Å²) in [5.74, 6) is -7.00. The maximum atomic E-state index is 15.1. The number of carboxylic acid groups (broad SMARTS) is 2. The third-order valence-corrected chi connectivity index (χ3v) is 11.0. The number of anilines is 1. The molecule has 10 nitrogen and oxygen atoms in total. The van der Waals surface area contributed by atoms with Crippen LogP contribution in [0.2, 0.25) is 0 Å². The number of aryl methyl sites for hydroxylation is 1. The molecule has 0 saturated carbocycles. The lowest BCUT2D eigenvalue weighted by atomic mass is 9.71. The number of carbonyl (C=O) groups is 4. The van der Waals surface area contributed by atoms with Crippen molar-refractivity contribution in [1.82, 2.24) is 5.32 Å². The van der Waals surface area contributed by atoms with Crippen molar-refractivity contribution < 1.29 is 91.5 Å². The molecular weight excluding hydrogens is 961 g/mol. The molecule has 0 unspecified atom stereocenters. The zero-order valence-electron chi connectivity index (χ0n) is 35.6. The van der Waals surface area contributed by atoms with E-state index in [0.717, 1.165) is 61.1 Å². The van der Waals surface area contributed by atoms with Gasteiger partial charge in [0.15, 0.2) is 0 Å². The first-order chi connectivity index (χ1) is 32.6. The maximum absolute atomic E-state index is 15.1. The second-order valence-corrected chi connectivity index (χ2v) is 15.2. The number of amides is 2. The quantitative estimate of drug-likeness (QED) is 0.0835. The Labute approximate surface area is 387 Å². The van der Waals surface area contributed by atoms with E-state index in [1.165, 1.54) is 0 Å². The third-order valence-electron chi connectivity index (χ3n) is 11.0. The van der Waals surface area contributed by atoms with Crippen molar-refractivity contribution in [3.63, 3.8) is 0 Å². The Hall–Kier alpha value is -8.04. The summed E-state index contributed by atoms with van der Waals surface area (Å²) in [6.45, 7) is 1.79. The largest absolute Gasteiger partial charge is 0.478 e. The second kappa shape index (κ2) is 18.8. The Bertz CT molecular complexity index is 2900. The van der Waals surface area contributed by atoms with E-state index < -0.39 is 104 Å². The average Bonchev–Trinajstić information content (AvgIpc) is 3.27. The van der Waals surface area contributed by atoms with Gasteiger partial charge in [-0.15, -0.1) is 0 Å². The minimum absolute atomic E-state index is 0.0103. The number of rotatable bonds is 13. The predicted octanol–water partition coefficient (Wildman–Crippen LogP) is 12.4. The highest BCUT2D eigenvalue weighted by molar-refractivity contribution is 6.11. The highest BCUT2D eigenvalue weighted by Gasteiger charge is 2.74. The number of aromatic carboxylic acids is 2. The number of alkyl halides is 12. The molecule has 2 amide bonds. The predicted molar refractivity (Wildman–Crippen MR) is 225 cm³/mol. The number of hydrogen-bond acceptors (Lipinski definition) is 6. The lowest BCUT2D eigenvalue weighted by Crippen LogP contribution is -2.55. The van der Waals surface area contributed by atoms with Gasteiger partial charge in [-0.05, 0) is 114 Å². The van der Waals surface area contributed by atoms with Crippen LogP contribution in [-0.4, -0.2) is 65.7 Å². The first-order valence-corrected chi connectivity index (χ1v) is 19.9. The van der Waals surface area contributed by atoms with Gasteiger partial charge in [0.05, 0.1) is 22.3 Å². The van der Waals surface area contributed by atoms with Gasteiger partial charge in [0.25, 0.3) is 11.8 Å². The Kier molecular flexibility index (Phi) is 13.8. The maximum Gasteiger partial charge on any atom is 0.411 e. The van der Waals surface area contributed by atoms with Crippen molar-refractivity contribution in [2.75, 3.05) is 12.4 Å². The molecule has 366 valence electrons. The number of nitrogens with one attached hydrogen (secondary N) is 2. The van der Waals surface area contributed by atoms with E-state index in [-0.39, 0.29) is 53.0 Å². The van der Waals surface area contributed by atoms with E-state index in [4.69, 9.17) is 9.47 Å². The fourth-order valence-corrected chi connectivity index (χ4v) is 7.63. The lowest BCUT2D eigenvalue weighted by Gasteiger charge is -2.38. The van der Waals surface area contributed by atoms with Gasteiger partial charge in [-0.3, -0.25) is 9.59 Å². The molecule has 70 heavy (non-hydrogen) atoms. The summed E-state index contributed by atoms with van der Waals surface area (Å²) in [7, 11) is 1.02. The van der Waals surface area contributed by atoms with Crippen LogP contribution in [0.25, 0.3) is 0 Å². The molecule has 0 saturated heterocycles. The van der Waals surface area contributed by atoms with Gasteiger partial charge in [0, 0.05) is 12.7 Å². The first-order valence-electron chi connectivity index (χ1n) is 19.9. The van der Waals surface area contributed by atoms with Crippen LogP contribution in [0, 0.1) is 6.92 Å². The summed E-state index contributed by atoms with van der Waals surface area (Å²) < 4.78 is 191. The molecule has 0 fully saturated rings. The molecule has 6 rings (SSSR count). The summed E-state index contributed by atoms with van der Waals surface area (Å²) in [6, 6.07) is 17.7. The minimum atomic E-state index is -6.37. The van der Waals surface area contributed by atoms with Gasteiger partial charge >= 0.3 is 36.6 Å². The number of carboxylic acids is 2. The van der Waals surface area contributed by atoms with Crippen molar-refractivity contribution in [2.45, 2.75) is 42.5 Å². The molecule has 0 aliphatic carbocycles. The topological polar surface area (TPSA) is 151 Å². The highest BCUT2D eigenvalue weighted by atomic mass is 19.4. The SMILES string of the molecule is CNC(=O)c1ccc(C(c2ccc(C(=O)O)c(C(=O)Nc3ccc(Oc4ccc(C(c5ccc(Oc6ccc(C)cc6)cc5)(C(F)(F)F)C(F)(F)F)cc4)cc3)c2)(C(F)(F)F)C(F)(F)F)cc1C(=O)O. The van der Waals surface area contributed by atoms with Crippen LogP contribution in [0.4, 0.5) is 58.4 Å². The van der Waals surface area contributed by atoms with Crippen molar-refractivity contribution in [3.8, 4) is 23.0 Å². The number of hydrogen-bond donors (Lipinski definition) is 4. The molecule has 4 N–H and O–H groups in total. The molecule has 0 aliphatic heterocycles. The molecule has 22 heteroatoms. The average molecular weight is 993 g/mol. The molecule has 6 aromatic carbocycles. The number of ether oxygens (including phenoxy) is 2. The van der Waals surface area contributed by atoms with E-state index in [9.17, 15) is 55.7 Å². The van der Waals surface area contributed by atoms with E-state index in [2.05, 4.69) is 5.32 Å². The van der Waals surface area contributed by atoms with Gasteiger partial charge in [-0.2, -0.15) is 52.7 Å². The summed E-state index contributed by atoms with van der Waals surface area (Å²) in [5, 5.41) is 23.6. The zero-order chi connectivity index (χ0) is 51.8. The molecule has 0 spiro atoms. The van der Waals surface area contributed by atoms with Gasteiger partial charge in [0.1, 0.15) is 23.0 Å². The molecule has 0 atom stereocenters. The van der Waals surface area contributed by atoms with Crippen molar-refractivity contribution in [3.05, 3.63) is 184 Å². The zero-order valence-corrected chi connectivity index (χ0v) is 35.6. The van der Waals surface area contributed by atoms with E-state index in [0.29, 0.717) is 36.4 Å². The molecule has 0 heterocycles. The second-order valence-electron chi connectivity index (χ2n) is 15.2. The van der Waals surface area contributed by atoms with E-state index >= 15 is 26.3 Å². The van der Waals surface area contributed by atoms with Crippen LogP contribution in [-0.2, 0) is 10.8 Å². The summed E-state index contributed by atoms with van der Waals surface area (Å²) in [5.41, 5.74) is -19.4. The summed E-state index contributed by atoms with van der Waals surface area (Å²) >= 11 is 0. The summed E-state index contributed by atoms with van der Waals surface area (Å²) in [4.78, 5) is 49.9. The lowest BCUT2D eigenvalue weighted by molar-refractivity contribution is -0.290. The van der Waals surface area contributed by atoms with Crippen LogP contribution in [0.5, 0.6) is 23.0 Å². The number of benzene rings is 6. The van der Waals surface area contributed by atoms with Crippen LogP contribution in [0.3, 0.4) is 0 Å². The van der Waals surface area contributed by atoms with Gasteiger partial charge in [-0.25, -0.2) is 9.59 Å². The monoisotopic (exact) mass is 992 g/mol. The van der Waals surface area contributed by atoms with E-state index in [1.807, 2.05) is 5.32 Å². The van der Waals surface area contributed by atoms with Crippen molar-refractivity contribution in [1.29, 1.82) is 0 Å². The number of carbonyl (C=O) groups excluding carboxylic acids is 2. The normalized spacial score (nSPS) is 12.5. The standard InChI is InChI=1S/C48H32F12N2O8/c1-25-3-13-31(14-4-25)69-32-15-5-26(6-16-32)43(45(49,50)51,46(52,53)54)27-7-17-33(18-8-27)70-34-19-11-30(12-20-34)62-40(64)37-23-28(10-22-36(37)41(65)66)44(47(55,56)57,48(58,59)60)29-9-21-35(39(63)61-2)38(24-29)42(67)68/h3-24H,1-2H3,(H,61,63)(H,62,64)(H,65,66)(H,67,68). The Morgan fingerprint density at radius 2 is 0.743 bits per heavy atom. The van der Waals surface area contributed by atoms with Gasteiger partial charge < -0.3 is 30.3 Å². The highest BCUT2D eigenvalue weighted by Crippen LogP contribution is 2.58.